The van der Waals surface area contributed by atoms with E-state index in [0.717, 1.165) is 4.90 Å². The van der Waals surface area contributed by atoms with Gasteiger partial charge in [0.15, 0.2) is 0 Å². The maximum atomic E-state index is 13.1. The summed E-state index contributed by atoms with van der Waals surface area (Å²) in [5, 5.41) is 7.96. The minimum atomic E-state index is -1.02. The molecule has 2 aliphatic heterocycles. The minimum absolute atomic E-state index is 0.0621. The number of anilines is 2. The Morgan fingerprint density at radius 2 is 1.75 bits per heavy atom. The lowest BCUT2D eigenvalue weighted by molar-refractivity contribution is -0.136. The highest BCUT2D eigenvalue weighted by Crippen LogP contribution is 2.32. The highest BCUT2D eigenvalue weighted by Gasteiger charge is 2.45. The van der Waals surface area contributed by atoms with Crippen LogP contribution in [0.1, 0.15) is 54.3 Å². The van der Waals surface area contributed by atoms with Crippen LogP contribution >= 0.6 is 0 Å². The molecule has 40 heavy (non-hydrogen) atoms. The molecule has 12 heteroatoms. The van der Waals surface area contributed by atoms with Crippen LogP contribution < -0.4 is 20.7 Å². The van der Waals surface area contributed by atoms with Gasteiger partial charge in [-0.1, -0.05) is 6.07 Å². The first-order valence-electron chi connectivity index (χ1n) is 12.9. The lowest BCUT2D eigenvalue weighted by atomic mass is 10.0. The number of nitrogens with zero attached hydrogens (tertiary/aromatic N) is 1. The highest BCUT2D eigenvalue weighted by molar-refractivity contribution is 6.25. The molecule has 0 saturated carbocycles. The van der Waals surface area contributed by atoms with Crippen molar-refractivity contribution in [3.05, 3.63) is 53.6 Å². The fraction of sp³-hybridized carbons (Fsp3) is 0.393. The molecule has 0 aliphatic carbocycles. The van der Waals surface area contributed by atoms with E-state index < -0.39 is 41.4 Å². The average molecular weight is 553 g/mol. The van der Waals surface area contributed by atoms with Crippen LogP contribution in [-0.4, -0.2) is 72.6 Å². The van der Waals surface area contributed by atoms with E-state index >= 15 is 0 Å². The summed E-state index contributed by atoms with van der Waals surface area (Å²) in [5.41, 5.74) is 0.868. The molecular formula is C28H32N4O8. The first-order valence-corrected chi connectivity index (χ1v) is 12.9. The second-order valence-electron chi connectivity index (χ2n) is 10.2. The number of ether oxygens (including phenoxy) is 3. The van der Waals surface area contributed by atoms with E-state index in [1.807, 2.05) is 0 Å². The fourth-order valence-corrected chi connectivity index (χ4v) is 4.30. The average Bonchev–Trinajstić information content (AvgIpc) is 3.13. The molecule has 0 spiro atoms. The second-order valence-corrected chi connectivity index (χ2v) is 10.2. The Balaban J connectivity index is 1.20. The first-order chi connectivity index (χ1) is 19.0. The van der Waals surface area contributed by atoms with Crippen molar-refractivity contribution in [1.82, 2.24) is 10.2 Å². The van der Waals surface area contributed by atoms with Gasteiger partial charge in [-0.05, 0) is 63.6 Å². The number of hydrogen-bond donors (Lipinski definition) is 3. The Labute approximate surface area is 231 Å². The van der Waals surface area contributed by atoms with Crippen LogP contribution in [0.15, 0.2) is 42.5 Å². The van der Waals surface area contributed by atoms with Crippen LogP contribution in [0.25, 0.3) is 0 Å². The summed E-state index contributed by atoms with van der Waals surface area (Å²) in [5.74, 6) is -1.58. The first kappa shape index (κ1) is 28.6. The van der Waals surface area contributed by atoms with Gasteiger partial charge in [0.1, 0.15) is 24.0 Å². The summed E-state index contributed by atoms with van der Waals surface area (Å²) >= 11 is 0. The Bertz CT molecular complexity index is 1300. The molecule has 2 heterocycles. The monoisotopic (exact) mass is 552 g/mol. The van der Waals surface area contributed by atoms with Crippen LogP contribution in [0.4, 0.5) is 16.2 Å². The molecule has 0 aromatic heterocycles. The van der Waals surface area contributed by atoms with Crippen molar-refractivity contribution in [3.8, 4) is 5.75 Å². The number of fused-ring (bicyclic) bond motifs is 1. The second kappa shape index (κ2) is 12.2. The van der Waals surface area contributed by atoms with Crippen molar-refractivity contribution in [1.29, 1.82) is 0 Å². The summed E-state index contributed by atoms with van der Waals surface area (Å²) in [6, 6.07) is 10.7. The van der Waals surface area contributed by atoms with Gasteiger partial charge in [-0.25, -0.2) is 4.79 Å². The zero-order chi connectivity index (χ0) is 28.9. The summed E-state index contributed by atoms with van der Waals surface area (Å²) in [6.07, 6.45) is -0.375. The topological polar surface area (TPSA) is 152 Å². The normalized spacial score (nSPS) is 16.9. The standard InChI is InChI=1S/C28H32N4O8/c1-28(2,3)40-27(37)30-17-7-9-18(10-8-17)39-16-15-38-14-13-29-20-6-4-5-19-23(20)26(36)32(25(19)35)21-11-12-22(33)31-24(21)34/h4-10,21,29H,11-16H2,1-3H3,(H,30,37)(H,31,33,34). The number of carbonyl (C=O) groups excluding carboxylic acids is 5. The maximum Gasteiger partial charge on any atom is 0.412 e. The molecule has 2 aliphatic rings. The minimum Gasteiger partial charge on any atom is -0.491 e. The number of benzene rings is 2. The molecular weight excluding hydrogens is 520 g/mol. The maximum absolute atomic E-state index is 13.1. The lowest BCUT2D eigenvalue weighted by Crippen LogP contribution is -2.54. The molecule has 212 valence electrons. The molecule has 4 rings (SSSR count). The molecule has 0 radical (unpaired) electrons. The molecule has 1 saturated heterocycles. The van der Waals surface area contributed by atoms with Crippen LogP contribution in [-0.2, 0) is 19.1 Å². The third-order valence-corrected chi connectivity index (χ3v) is 6.03. The lowest BCUT2D eigenvalue weighted by Gasteiger charge is -2.27. The van der Waals surface area contributed by atoms with E-state index in [2.05, 4.69) is 16.0 Å². The largest absolute Gasteiger partial charge is 0.491 e. The van der Waals surface area contributed by atoms with Crippen molar-refractivity contribution >= 4 is 41.1 Å². The molecule has 2 aromatic rings. The van der Waals surface area contributed by atoms with Gasteiger partial charge in [0, 0.05) is 24.3 Å². The third-order valence-electron chi connectivity index (χ3n) is 6.03. The van der Waals surface area contributed by atoms with Crippen molar-refractivity contribution in [2.75, 3.05) is 37.0 Å². The van der Waals surface area contributed by atoms with Crippen LogP contribution in [0.5, 0.6) is 5.75 Å². The smallest absolute Gasteiger partial charge is 0.412 e. The molecule has 12 nitrogen and oxygen atoms in total. The highest BCUT2D eigenvalue weighted by atomic mass is 16.6. The zero-order valence-corrected chi connectivity index (χ0v) is 22.6. The van der Waals surface area contributed by atoms with Crippen molar-refractivity contribution in [2.24, 2.45) is 0 Å². The van der Waals surface area contributed by atoms with Crippen LogP contribution in [0.3, 0.4) is 0 Å². The van der Waals surface area contributed by atoms with Gasteiger partial charge in [0.05, 0.1) is 24.3 Å². The number of nitrogens with one attached hydrogen (secondary N) is 3. The molecule has 5 amide bonds. The summed E-state index contributed by atoms with van der Waals surface area (Å²) in [6.45, 7) is 6.65. The molecule has 1 unspecified atom stereocenters. The van der Waals surface area contributed by atoms with Crippen molar-refractivity contribution in [3.63, 3.8) is 0 Å². The molecule has 1 fully saturated rings. The van der Waals surface area contributed by atoms with Crippen LogP contribution in [0, 0.1) is 0 Å². The van der Waals surface area contributed by atoms with Gasteiger partial charge >= 0.3 is 6.09 Å². The van der Waals surface area contributed by atoms with E-state index in [9.17, 15) is 24.0 Å². The predicted molar refractivity (Wildman–Crippen MR) is 144 cm³/mol. The van der Waals surface area contributed by atoms with Crippen LogP contribution in [0.2, 0.25) is 0 Å². The zero-order valence-electron chi connectivity index (χ0n) is 22.6. The molecule has 3 N–H and O–H groups in total. The number of rotatable bonds is 10. The summed E-state index contributed by atoms with van der Waals surface area (Å²) in [7, 11) is 0. The SMILES string of the molecule is CC(C)(C)OC(=O)Nc1ccc(OCCOCCNc2cccc3c2C(=O)N(C2CCC(=O)NC2=O)C3=O)cc1. The number of hydrogen-bond acceptors (Lipinski definition) is 9. The van der Waals surface area contributed by atoms with Gasteiger partial charge in [0.2, 0.25) is 11.8 Å². The van der Waals surface area contributed by atoms with Crippen molar-refractivity contribution < 1.29 is 38.2 Å². The number of carbonyl (C=O) groups is 5. The molecule has 1 atom stereocenters. The van der Waals surface area contributed by atoms with Gasteiger partial charge in [-0.3, -0.25) is 34.7 Å². The van der Waals surface area contributed by atoms with E-state index in [4.69, 9.17) is 14.2 Å². The predicted octanol–water partition coefficient (Wildman–Crippen LogP) is 2.94. The fourth-order valence-electron chi connectivity index (χ4n) is 4.30. The van der Waals surface area contributed by atoms with Gasteiger partial charge < -0.3 is 19.5 Å². The van der Waals surface area contributed by atoms with E-state index in [1.54, 1.807) is 63.2 Å². The Morgan fingerprint density at radius 3 is 2.45 bits per heavy atom. The molecule has 0 bridgehead atoms. The summed E-state index contributed by atoms with van der Waals surface area (Å²) < 4.78 is 16.5. The van der Waals surface area contributed by atoms with E-state index in [1.165, 1.54) is 0 Å². The Kier molecular flexibility index (Phi) is 8.68. The van der Waals surface area contributed by atoms with Gasteiger partial charge in [0.25, 0.3) is 11.8 Å². The van der Waals surface area contributed by atoms with E-state index in [-0.39, 0.29) is 24.0 Å². The number of piperidine rings is 1. The number of amides is 5. The van der Waals surface area contributed by atoms with Gasteiger partial charge in [-0.15, -0.1) is 0 Å². The Morgan fingerprint density at radius 1 is 1.00 bits per heavy atom. The summed E-state index contributed by atoms with van der Waals surface area (Å²) in [4.78, 5) is 62.5. The van der Waals surface area contributed by atoms with Crippen molar-refractivity contribution in [2.45, 2.75) is 45.3 Å². The van der Waals surface area contributed by atoms with Gasteiger partial charge in [-0.2, -0.15) is 0 Å². The number of imide groups is 2. The quantitative estimate of drug-likeness (QED) is 0.298. The Hall–Kier alpha value is -4.45. The third kappa shape index (κ3) is 6.94. The molecule has 2 aromatic carbocycles. The van der Waals surface area contributed by atoms with E-state index in [0.29, 0.717) is 43.5 Å².